The number of anilines is 1. The minimum atomic E-state index is 0.547. The molecule has 1 saturated carbocycles. The molecule has 1 heterocycles. The normalized spacial score (nSPS) is 14.7. The summed E-state index contributed by atoms with van der Waals surface area (Å²) in [6.07, 6.45) is 2.38. The molecular formula is C13H16N4O. The Hall–Kier alpha value is -2.04. The van der Waals surface area contributed by atoms with Crippen LogP contribution in [0.25, 0.3) is 0 Å². The van der Waals surface area contributed by atoms with Crippen molar-refractivity contribution in [1.82, 2.24) is 15.0 Å². The quantitative estimate of drug-likeness (QED) is 0.890. The summed E-state index contributed by atoms with van der Waals surface area (Å²) in [6, 6.07) is 7.97. The summed E-state index contributed by atoms with van der Waals surface area (Å²) in [5.74, 6) is 1.97. The fourth-order valence-corrected chi connectivity index (χ4v) is 2.17. The van der Waals surface area contributed by atoms with Gasteiger partial charge in [0, 0.05) is 5.92 Å². The zero-order chi connectivity index (χ0) is 12.5. The maximum absolute atomic E-state index is 5.87. The number of nitrogens with zero attached hydrogens (tertiary/aromatic N) is 3. The average Bonchev–Trinajstić information content (AvgIpc) is 3.15. The SMILES string of the molecule is COc1cccc(Cn2nnc(N)c2C2CC2)c1. The van der Waals surface area contributed by atoms with E-state index < -0.39 is 0 Å². The summed E-state index contributed by atoms with van der Waals surface area (Å²) in [4.78, 5) is 0. The van der Waals surface area contributed by atoms with E-state index in [1.165, 1.54) is 12.8 Å². The van der Waals surface area contributed by atoms with E-state index >= 15 is 0 Å². The van der Waals surface area contributed by atoms with E-state index in [9.17, 15) is 0 Å². The standard InChI is InChI=1S/C13H16N4O/c1-18-11-4-2-3-9(7-11)8-17-12(10-5-6-10)13(14)15-16-17/h2-4,7,10H,5-6,8,14H2,1H3. The minimum Gasteiger partial charge on any atom is -0.497 e. The molecule has 18 heavy (non-hydrogen) atoms. The van der Waals surface area contributed by atoms with E-state index in [2.05, 4.69) is 16.4 Å². The van der Waals surface area contributed by atoms with E-state index in [1.807, 2.05) is 22.9 Å². The van der Waals surface area contributed by atoms with Crippen LogP contribution in [0.2, 0.25) is 0 Å². The van der Waals surface area contributed by atoms with Crippen LogP contribution in [-0.4, -0.2) is 22.1 Å². The largest absolute Gasteiger partial charge is 0.497 e. The number of hydrogen-bond donors (Lipinski definition) is 1. The van der Waals surface area contributed by atoms with Crippen LogP contribution in [0.15, 0.2) is 24.3 Å². The first-order chi connectivity index (χ1) is 8.78. The van der Waals surface area contributed by atoms with Gasteiger partial charge in [0.1, 0.15) is 5.75 Å². The van der Waals surface area contributed by atoms with Crippen molar-refractivity contribution in [2.75, 3.05) is 12.8 Å². The summed E-state index contributed by atoms with van der Waals surface area (Å²) < 4.78 is 7.12. The second-order valence-electron chi connectivity index (χ2n) is 4.64. The number of benzene rings is 1. The minimum absolute atomic E-state index is 0.547. The molecule has 5 heteroatoms. The van der Waals surface area contributed by atoms with Crippen LogP contribution in [-0.2, 0) is 6.54 Å². The number of ether oxygens (including phenoxy) is 1. The van der Waals surface area contributed by atoms with E-state index in [4.69, 9.17) is 10.5 Å². The van der Waals surface area contributed by atoms with Crippen molar-refractivity contribution < 1.29 is 4.74 Å². The molecule has 1 aliphatic carbocycles. The first-order valence-electron chi connectivity index (χ1n) is 6.09. The average molecular weight is 244 g/mol. The van der Waals surface area contributed by atoms with E-state index in [-0.39, 0.29) is 0 Å². The highest BCUT2D eigenvalue weighted by molar-refractivity contribution is 5.39. The van der Waals surface area contributed by atoms with Crippen LogP contribution >= 0.6 is 0 Å². The van der Waals surface area contributed by atoms with Crippen LogP contribution in [0.4, 0.5) is 5.82 Å². The molecule has 0 spiro atoms. The molecule has 2 aromatic rings. The monoisotopic (exact) mass is 244 g/mol. The van der Waals surface area contributed by atoms with Gasteiger partial charge in [0.2, 0.25) is 0 Å². The molecule has 0 bridgehead atoms. The summed E-state index contributed by atoms with van der Waals surface area (Å²) >= 11 is 0. The Morgan fingerprint density at radius 3 is 3.00 bits per heavy atom. The summed E-state index contributed by atoms with van der Waals surface area (Å²) in [5, 5.41) is 8.10. The lowest BCUT2D eigenvalue weighted by atomic mass is 10.2. The third-order valence-electron chi connectivity index (χ3n) is 3.23. The Labute approximate surface area is 106 Å². The van der Waals surface area contributed by atoms with Crippen LogP contribution in [0.1, 0.15) is 30.0 Å². The topological polar surface area (TPSA) is 66.0 Å². The molecule has 0 saturated heterocycles. The van der Waals surface area contributed by atoms with Crippen molar-refractivity contribution in [3.63, 3.8) is 0 Å². The Kier molecular flexibility index (Phi) is 2.66. The van der Waals surface area contributed by atoms with Crippen LogP contribution in [0.3, 0.4) is 0 Å². The summed E-state index contributed by atoms with van der Waals surface area (Å²) in [5.41, 5.74) is 8.09. The van der Waals surface area contributed by atoms with Crippen molar-refractivity contribution >= 4 is 5.82 Å². The molecule has 3 rings (SSSR count). The van der Waals surface area contributed by atoms with Gasteiger partial charge in [-0.25, -0.2) is 4.68 Å². The van der Waals surface area contributed by atoms with Crippen molar-refractivity contribution in [2.45, 2.75) is 25.3 Å². The zero-order valence-electron chi connectivity index (χ0n) is 10.3. The fraction of sp³-hybridized carbons (Fsp3) is 0.385. The van der Waals surface area contributed by atoms with E-state index in [0.717, 1.165) is 17.0 Å². The molecule has 1 aromatic carbocycles. The highest BCUT2D eigenvalue weighted by Crippen LogP contribution is 2.42. The number of methoxy groups -OCH3 is 1. The lowest BCUT2D eigenvalue weighted by Gasteiger charge is -2.07. The predicted molar refractivity (Wildman–Crippen MR) is 68.5 cm³/mol. The predicted octanol–water partition coefficient (Wildman–Crippen LogP) is 1.79. The Bertz CT molecular complexity index is 560. The molecular weight excluding hydrogens is 228 g/mol. The number of nitrogens with two attached hydrogens (primary N) is 1. The number of nitrogen functional groups attached to an aromatic ring is 1. The van der Waals surface area contributed by atoms with E-state index in [0.29, 0.717) is 18.3 Å². The Morgan fingerprint density at radius 2 is 2.28 bits per heavy atom. The highest BCUT2D eigenvalue weighted by Gasteiger charge is 2.30. The van der Waals surface area contributed by atoms with E-state index in [1.54, 1.807) is 7.11 Å². The zero-order valence-corrected chi connectivity index (χ0v) is 10.3. The van der Waals surface area contributed by atoms with Gasteiger partial charge in [0.05, 0.1) is 19.3 Å². The maximum Gasteiger partial charge on any atom is 0.169 e. The highest BCUT2D eigenvalue weighted by atomic mass is 16.5. The van der Waals surface area contributed by atoms with Gasteiger partial charge in [-0.15, -0.1) is 5.10 Å². The van der Waals surface area contributed by atoms with Crippen molar-refractivity contribution in [3.8, 4) is 5.75 Å². The van der Waals surface area contributed by atoms with Crippen LogP contribution in [0, 0.1) is 0 Å². The molecule has 0 aliphatic heterocycles. The summed E-state index contributed by atoms with van der Waals surface area (Å²) in [7, 11) is 1.67. The molecule has 2 N–H and O–H groups in total. The van der Waals surface area contributed by atoms with Crippen molar-refractivity contribution in [1.29, 1.82) is 0 Å². The van der Waals surface area contributed by atoms with Gasteiger partial charge in [-0.3, -0.25) is 0 Å². The van der Waals surface area contributed by atoms with Gasteiger partial charge >= 0.3 is 0 Å². The molecule has 0 unspecified atom stereocenters. The van der Waals surface area contributed by atoms with Gasteiger partial charge in [0.25, 0.3) is 0 Å². The van der Waals surface area contributed by atoms with Crippen LogP contribution in [0.5, 0.6) is 5.75 Å². The Morgan fingerprint density at radius 1 is 1.44 bits per heavy atom. The van der Waals surface area contributed by atoms with Crippen molar-refractivity contribution in [3.05, 3.63) is 35.5 Å². The first kappa shape index (κ1) is 11.1. The molecule has 1 aliphatic rings. The number of aromatic nitrogens is 3. The van der Waals surface area contributed by atoms with Crippen molar-refractivity contribution in [2.24, 2.45) is 0 Å². The molecule has 0 amide bonds. The summed E-state index contributed by atoms with van der Waals surface area (Å²) in [6.45, 7) is 0.688. The van der Waals surface area contributed by atoms with Crippen LogP contribution < -0.4 is 10.5 Å². The molecule has 1 fully saturated rings. The third kappa shape index (κ3) is 2.03. The number of hydrogen-bond acceptors (Lipinski definition) is 4. The second kappa shape index (κ2) is 4.33. The van der Waals surface area contributed by atoms with Gasteiger partial charge in [-0.2, -0.15) is 0 Å². The number of rotatable bonds is 4. The molecule has 5 nitrogen and oxygen atoms in total. The first-order valence-corrected chi connectivity index (χ1v) is 6.09. The molecule has 0 radical (unpaired) electrons. The fourth-order valence-electron chi connectivity index (χ4n) is 2.17. The lowest BCUT2D eigenvalue weighted by Crippen LogP contribution is -2.06. The second-order valence-corrected chi connectivity index (χ2v) is 4.64. The van der Waals surface area contributed by atoms with Gasteiger partial charge in [-0.1, -0.05) is 17.3 Å². The molecule has 94 valence electrons. The molecule has 1 aromatic heterocycles. The smallest absolute Gasteiger partial charge is 0.169 e. The molecule has 0 atom stereocenters. The third-order valence-corrected chi connectivity index (χ3v) is 3.23. The van der Waals surface area contributed by atoms with Gasteiger partial charge in [0.15, 0.2) is 5.82 Å². The Balaban J connectivity index is 1.87. The maximum atomic E-state index is 5.87. The van der Waals surface area contributed by atoms with Gasteiger partial charge in [-0.05, 0) is 30.5 Å². The lowest BCUT2D eigenvalue weighted by molar-refractivity contribution is 0.414. The van der Waals surface area contributed by atoms with Gasteiger partial charge < -0.3 is 10.5 Å².